The number of anilines is 3. The monoisotopic (exact) mass is 912 g/mol. The second-order valence-electron chi connectivity index (χ2n) is 14.9. The number of benzene rings is 4. The summed E-state index contributed by atoms with van der Waals surface area (Å²) in [5.74, 6) is 0.736. The molecule has 1 aliphatic carbocycles. The van der Waals surface area contributed by atoms with Crippen LogP contribution in [0, 0.1) is 0 Å². The number of carbonyl (C=O) groups excluding carboxylic acids is 2. The van der Waals surface area contributed by atoms with Crippen LogP contribution in [-0.4, -0.2) is 103 Å². The van der Waals surface area contributed by atoms with Gasteiger partial charge in [-0.15, -0.1) is 0 Å². The number of urea groups is 2. The molecule has 4 aromatic carbocycles. The molecule has 1 aliphatic rings. The van der Waals surface area contributed by atoms with Gasteiger partial charge in [0.05, 0.1) is 28.4 Å². The van der Waals surface area contributed by atoms with Gasteiger partial charge in [-0.2, -0.15) is 16.8 Å². The molecule has 0 saturated heterocycles. The average molecular weight is 913 g/mol. The first-order chi connectivity index (χ1) is 30.7. The molecule has 3 heterocycles. The van der Waals surface area contributed by atoms with Crippen LogP contribution in [0.25, 0.3) is 27.8 Å². The van der Waals surface area contributed by atoms with Crippen LogP contribution >= 0.6 is 0 Å². The van der Waals surface area contributed by atoms with E-state index in [-0.39, 0.29) is 39.2 Å². The van der Waals surface area contributed by atoms with Crippen LogP contribution in [0.15, 0.2) is 113 Å². The van der Waals surface area contributed by atoms with Crippen LogP contribution in [0.3, 0.4) is 0 Å². The lowest BCUT2D eigenvalue weighted by atomic mass is 10.2. The van der Waals surface area contributed by atoms with Crippen LogP contribution in [-0.2, 0) is 20.2 Å². The molecule has 336 valence electrons. The predicted octanol–water partition coefficient (Wildman–Crippen LogP) is 6.03. The minimum Gasteiger partial charge on any atom is -0.382 e. The van der Waals surface area contributed by atoms with Crippen LogP contribution in [0.1, 0.15) is 32.6 Å². The number of rotatable bonds is 15. The molecule has 64 heavy (non-hydrogen) atoms. The summed E-state index contributed by atoms with van der Waals surface area (Å²) in [6.07, 6.45) is 9.73. The predicted molar refractivity (Wildman–Crippen MR) is 242 cm³/mol. The van der Waals surface area contributed by atoms with Gasteiger partial charge in [-0.3, -0.25) is 10.6 Å². The first-order valence-corrected chi connectivity index (χ1v) is 23.1. The topological polar surface area (TPSA) is 259 Å². The van der Waals surface area contributed by atoms with Crippen molar-refractivity contribution in [1.29, 1.82) is 0 Å². The summed E-state index contributed by atoms with van der Waals surface area (Å²) < 4.78 is 63.1. The minimum absolute atomic E-state index is 0.0204. The first kappa shape index (κ1) is 44.9. The number of fused-ring (bicyclic) bond motifs is 2. The van der Waals surface area contributed by atoms with Crippen molar-refractivity contribution in [2.75, 3.05) is 49.7 Å². The summed E-state index contributed by atoms with van der Waals surface area (Å²) in [6.45, 7) is 3.48. The molecular formula is C42H48N12O8S2. The number of aromatic nitrogens is 6. The number of aromatic amines is 2. The molecule has 0 unspecified atom stereocenters. The number of carbonyl (C=O) groups is 2. The fraction of sp³-hybridized carbons (Fsp3) is 0.262. The van der Waals surface area contributed by atoms with Gasteiger partial charge in [0.2, 0.25) is 11.9 Å². The maximum atomic E-state index is 12.8. The Morgan fingerprint density at radius 3 is 1.78 bits per heavy atom. The molecular weight excluding hydrogens is 865 g/mol. The van der Waals surface area contributed by atoms with Crippen molar-refractivity contribution < 1.29 is 34.8 Å². The first-order valence-electron chi connectivity index (χ1n) is 20.3. The highest BCUT2D eigenvalue weighted by molar-refractivity contribution is 7.87. The lowest BCUT2D eigenvalue weighted by molar-refractivity contribution is 0.250. The fourth-order valence-electron chi connectivity index (χ4n) is 6.62. The largest absolute Gasteiger partial charge is 0.382 e. The van der Waals surface area contributed by atoms with E-state index in [1.54, 1.807) is 66.6 Å². The number of hydrogen-bond donors (Lipinski definition) is 7. The zero-order chi connectivity index (χ0) is 45.3. The van der Waals surface area contributed by atoms with Gasteiger partial charge in [-0.05, 0) is 107 Å². The van der Waals surface area contributed by atoms with E-state index in [2.05, 4.69) is 51.5 Å². The Labute approximate surface area is 369 Å². The lowest BCUT2D eigenvalue weighted by Gasteiger charge is -2.14. The van der Waals surface area contributed by atoms with Gasteiger partial charge in [0.25, 0.3) is 0 Å². The van der Waals surface area contributed by atoms with Crippen molar-refractivity contribution in [2.45, 2.75) is 48.4 Å². The maximum Gasteiger partial charge on any atom is 0.339 e. The molecule has 7 N–H and O–H groups in total. The lowest BCUT2D eigenvalue weighted by Crippen LogP contribution is -2.34. The van der Waals surface area contributed by atoms with Crippen LogP contribution in [0.2, 0.25) is 0 Å². The zero-order valence-corrected chi connectivity index (χ0v) is 36.8. The number of H-pyrrole nitrogens is 2. The Morgan fingerprint density at radius 1 is 0.750 bits per heavy atom. The Hall–Kier alpha value is -7.17. The molecule has 1 fully saturated rings. The van der Waals surface area contributed by atoms with Crippen molar-refractivity contribution in [2.24, 2.45) is 0 Å². The van der Waals surface area contributed by atoms with Gasteiger partial charge in [0.1, 0.15) is 21.3 Å². The van der Waals surface area contributed by atoms with Crippen molar-refractivity contribution in [3.63, 3.8) is 0 Å². The van der Waals surface area contributed by atoms with Gasteiger partial charge < -0.3 is 43.8 Å². The van der Waals surface area contributed by atoms with E-state index in [1.807, 2.05) is 19.0 Å². The Balaban J connectivity index is 0.000000193. The van der Waals surface area contributed by atoms with E-state index < -0.39 is 26.3 Å². The van der Waals surface area contributed by atoms with E-state index in [0.29, 0.717) is 47.7 Å². The van der Waals surface area contributed by atoms with Crippen molar-refractivity contribution in [3.8, 4) is 17.2 Å². The second-order valence-corrected chi connectivity index (χ2v) is 18.0. The van der Waals surface area contributed by atoms with E-state index >= 15 is 0 Å². The average Bonchev–Trinajstić information content (AvgIpc) is 4.09. The molecule has 0 bridgehead atoms. The molecule has 8 rings (SSSR count). The SMILES string of the molecule is CCNC(=O)Nc1nc2cc(OS(=O)(=O)c3ccc(-n4ccnc4)cc3)ccc2[nH]1.CN(C)CCNC(=O)Nc1nc2cc(OS(=O)(=O)c3ccc(NC4CCCC4)cc3)ccc2[nH]1. The minimum atomic E-state index is -4.03. The molecule has 0 atom stereocenters. The molecule has 3 aromatic heterocycles. The van der Waals surface area contributed by atoms with E-state index in [0.717, 1.165) is 24.2 Å². The molecule has 22 heteroatoms. The maximum absolute atomic E-state index is 12.8. The number of likely N-dealkylation sites (N-methyl/N-ethyl adjacent to an activating group) is 1. The van der Waals surface area contributed by atoms with E-state index in [4.69, 9.17) is 8.37 Å². The van der Waals surface area contributed by atoms with Crippen molar-refractivity contribution >= 4 is 71.9 Å². The number of nitrogens with one attached hydrogen (secondary N) is 7. The number of hydrogen-bond acceptors (Lipinski definition) is 13. The summed E-state index contributed by atoms with van der Waals surface area (Å²) in [7, 11) is -4.20. The van der Waals surface area contributed by atoms with Gasteiger partial charge >= 0.3 is 32.3 Å². The van der Waals surface area contributed by atoms with Crippen LogP contribution in [0.5, 0.6) is 11.5 Å². The quantitative estimate of drug-likeness (QED) is 0.0581. The number of imidazole rings is 3. The van der Waals surface area contributed by atoms with E-state index in [1.165, 1.54) is 61.4 Å². The highest BCUT2D eigenvalue weighted by Gasteiger charge is 2.20. The van der Waals surface area contributed by atoms with Crippen LogP contribution in [0.4, 0.5) is 27.2 Å². The fourth-order valence-corrected chi connectivity index (χ4v) is 8.47. The summed E-state index contributed by atoms with van der Waals surface area (Å²) >= 11 is 0. The van der Waals surface area contributed by atoms with Gasteiger partial charge in [-0.25, -0.2) is 24.5 Å². The van der Waals surface area contributed by atoms with Crippen LogP contribution < -0.4 is 35.0 Å². The highest BCUT2D eigenvalue weighted by Crippen LogP contribution is 2.27. The standard InChI is InChI=1S/C23H30N6O4S.C19H18N6O4S/c1-29(2)14-13-24-23(30)28-22-26-20-12-9-18(15-21(20)27-22)33-34(31,32)19-10-7-17(8-11-19)25-16-5-3-4-6-16;1-2-21-19(26)24-18-22-16-8-5-14(11-17(16)23-18)29-30(27,28)15-6-3-13(4-7-15)25-10-9-20-12-25/h7-12,15-16,25H,3-6,13-14H2,1-2H3,(H3,24,26,27,28,30);3-12H,2H2,1H3,(H3,21,22,23,24,26). The van der Waals surface area contributed by atoms with Crippen molar-refractivity contribution in [3.05, 3.63) is 104 Å². The highest BCUT2D eigenvalue weighted by atomic mass is 32.2. The summed E-state index contributed by atoms with van der Waals surface area (Å²) in [6, 6.07) is 21.8. The summed E-state index contributed by atoms with van der Waals surface area (Å²) in [5, 5.41) is 14.0. The molecule has 0 radical (unpaired) electrons. The third kappa shape index (κ3) is 11.8. The summed E-state index contributed by atoms with van der Waals surface area (Å²) in [5.41, 5.74) is 3.84. The number of nitrogens with zero attached hydrogens (tertiary/aromatic N) is 5. The Bertz CT molecular complexity index is 2910. The molecule has 4 amide bonds. The van der Waals surface area contributed by atoms with E-state index in [9.17, 15) is 26.4 Å². The summed E-state index contributed by atoms with van der Waals surface area (Å²) in [4.78, 5) is 44.0. The van der Waals surface area contributed by atoms with Crippen molar-refractivity contribution in [1.82, 2.24) is 45.0 Å². The molecule has 0 spiro atoms. The van der Waals surface area contributed by atoms with Gasteiger partial charge in [-0.1, -0.05) is 12.8 Å². The molecule has 1 saturated carbocycles. The smallest absolute Gasteiger partial charge is 0.339 e. The third-order valence-electron chi connectivity index (χ3n) is 9.76. The number of amides is 4. The van der Waals surface area contributed by atoms with Gasteiger partial charge in [0.15, 0.2) is 0 Å². The normalized spacial score (nSPS) is 13.0. The zero-order valence-electron chi connectivity index (χ0n) is 35.2. The molecule has 0 aliphatic heterocycles. The molecule has 20 nitrogen and oxygen atoms in total. The van der Waals surface area contributed by atoms with Gasteiger partial charge in [0, 0.05) is 61.6 Å². The molecule has 7 aromatic rings. The Kier molecular flexibility index (Phi) is 14.0. The third-order valence-corrected chi connectivity index (χ3v) is 12.3. The second kappa shape index (κ2) is 19.9. The Morgan fingerprint density at radius 2 is 1.28 bits per heavy atom.